The molecule has 1 aliphatic carbocycles. The Labute approximate surface area is 163 Å². The summed E-state index contributed by atoms with van der Waals surface area (Å²) in [6, 6.07) is 12.8. The highest BCUT2D eigenvalue weighted by atomic mass is 16.5. The fourth-order valence-electron chi connectivity index (χ4n) is 3.83. The third-order valence-corrected chi connectivity index (χ3v) is 5.42. The van der Waals surface area contributed by atoms with E-state index >= 15 is 0 Å². The van der Waals surface area contributed by atoms with Crippen molar-refractivity contribution in [2.45, 2.75) is 45.0 Å². The highest BCUT2D eigenvalue weighted by molar-refractivity contribution is 6.07. The standard InChI is InChI=1S/C22H22N2O4/c23-11-14-4-6-15(7-5-14)13-28-21-3-1-2-17-18(21)12-24(22(17)27)19-9-8-16(25)10-20(19)26/h1-7,19H,8-13,23H2. The van der Waals surface area contributed by atoms with Crippen LogP contribution in [0.5, 0.6) is 5.75 Å². The zero-order valence-electron chi connectivity index (χ0n) is 15.5. The number of hydrogen-bond donors (Lipinski definition) is 1. The van der Waals surface area contributed by atoms with Crippen molar-refractivity contribution in [2.24, 2.45) is 5.73 Å². The fourth-order valence-corrected chi connectivity index (χ4v) is 3.83. The van der Waals surface area contributed by atoms with Crippen LogP contribution >= 0.6 is 0 Å². The molecule has 0 radical (unpaired) electrons. The highest BCUT2D eigenvalue weighted by Crippen LogP contribution is 2.34. The van der Waals surface area contributed by atoms with Gasteiger partial charge in [0.15, 0.2) is 5.78 Å². The summed E-state index contributed by atoms with van der Waals surface area (Å²) >= 11 is 0. The molecule has 4 rings (SSSR count). The molecule has 1 unspecified atom stereocenters. The molecule has 1 amide bonds. The van der Waals surface area contributed by atoms with E-state index in [0.29, 0.717) is 43.9 Å². The SMILES string of the molecule is NCc1ccc(COc2cccc3c2CN(C2CCC(=O)CC2=O)C3=O)cc1. The Morgan fingerprint density at radius 2 is 1.79 bits per heavy atom. The number of Topliss-reactive ketones (excluding diaryl/α,β-unsaturated/α-hetero) is 2. The lowest BCUT2D eigenvalue weighted by Gasteiger charge is -2.29. The first-order valence-corrected chi connectivity index (χ1v) is 9.45. The van der Waals surface area contributed by atoms with Gasteiger partial charge in [0.25, 0.3) is 5.91 Å². The van der Waals surface area contributed by atoms with Crippen LogP contribution in [0.15, 0.2) is 42.5 Å². The van der Waals surface area contributed by atoms with Gasteiger partial charge in [0.05, 0.1) is 19.0 Å². The van der Waals surface area contributed by atoms with E-state index in [-0.39, 0.29) is 23.9 Å². The molecule has 0 aromatic heterocycles. The monoisotopic (exact) mass is 378 g/mol. The molecule has 1 atom stereocenters. The first-order valence-electron chi connectivity index (χ1n) is 9.45. The molecule has 1 saturated carbocycles. The van der Waals surface area contributed by atoms with Crippen molar-refractivity contribution in [3.8, 4) is 5.75 Å². The van der Waals surface area contributed by atoms with Crippen molar-refractivity contribution >= 4 is 17.5 Å². The van der Waals surface area contributed by atoms with E-state index < -0.39 is 6.04 Å². The van der Waals surface area contributed by atoms with Gasteiger partial charge in [-0.2, -0.15) is 0 Å². The Morgan fingerprint density at radius 3 is 2.50 bits per heavy atom. The highest BCUT2D eigenvalue weighted by Gasteiger charge is 2.39. The number of ketones is 2. The predicted molar refractivity (Wildman–Crippen MR) is 103 cm³/mol. The summed E-state index contributed by atoms with van der Waals surface area (Å²) in [7, 11) is 0. The topological polar surface area (TPSA) is 89.7 Å². The summed E-state index contributed by atoms with van der Waals surface area (Å²) in [5.74, 6) is 0.269. The smallest absolute Gasteiger partial charge is 0.255 e. The van der Waals surface area contributed by atoms with Gasteiger partial charge in [-0.05, 0) is 29.7 Å². The number of ether oxygens (including phenoxy) is 1. The van der Waals surface area contributed by atoms with E-state index in [9.17, 15) is 14.4 Å². The predicted octanol–water partition coefficient (Wildman–Crippen LogP) is 2.37. The first kappa shape index (κ1) is 18.4. The number of hydrogen-bond acceptors (Lipinski definition) is 5. The zero-order valence-corrected chi connectivity index (χ0v) is 15.5. The van der Waals surface area contributed by atoms with Crippen molar-refractivity contribution in [1.82, 2.24) is 4.90 Å². The maximum atomic E-state index is 12.8. The molecule has 6 nitrogen and oxygen atoms in total. The molecule has 2 N–H and O–H groups in total. The maximum absolute atomic E-state index is 12.8. The summed E-state index contributed by atoms with van der Waals surface area (Å²) in [5.41, 5.74) is 9.06. The minimum Gasteiger partial charge on any atom is -0.489 e. The van der Waals surface area contributed by atoms with Gasteiger partial charge in [0, 0.05) is 24.1 Å². The second-order valence-corrected chi connectivity index (χ2v) is 7.26. The van der Waals surface area contributed by atoms with Crippen LogP contribution in [0.3, 0.4) is 0 Å². The molecular weight excluding hydrogens is 356 g/mol. The normalized spacial score (nSPS) is 19.1. The number of amides is 1. The van der Waals surface area contributed by atoms with Gasteiger partial charge < -0.3 is 15.4 Å². The number of nitrogens with two attached hydrogens (primary N) is 1. The lowest BCUT2D eigenvalue weighted by atomic mass is 9.92. The van der Waals surface area contributed by atoms with Crippen LogP contribution in [0, 0.1) is 0 Å². The van der Waals surface area contributed by atoms with Gasteiger partial charge in [0.1, 0.15) is 18.1 Å². The number of fused-ring (bicyclic) bond motifs is 1. The van der Waals surface area contributed by atoms with E-state index in [1.807, 2.05) is 30.3 Å². The lowest BCUT2D eigenvalue weighted by Crippen LogP contribution is -2.44. The van der Waals surface area contributed by atoms with E-state index in [1.165, 1.54) is 0 Å². The second kappa shape index (κ2) is 7.56. The Hall–Kier alpha value is -2.99. The number of carbonyl (C=O) groups excluding carboxylic acids is 3. The van der Waals surface area contributed by atoms with E-state index in [4.69, 9.17) is 10.5 Å². The van der Waals surface area contributed by atoms with Crippen molar-refractivity contribution in [1.29, 1.82) is 0 Å². The molecule has 2 aromatic carbocycles. The summed E-state index contributed by atoms with van der Waals surface area (Å²) in [6.07, 6.45) is 0.673. The molecule has 1 aliphatic heterocycles. The third-order valence-electron chi connectivity index (χ3n) is 5.42. The molecule has 0 saturated heterocycles. The van der Waals surface area contributed by atoms with Crippen molar-refractivity contribution < 1.29 is 19.1 Å². The number of carbonyl (C=O) groups is 3. The van der Waals surface area contributed by atoms with Crippen LogP contribution in [0.4, 0.5) is 0 Å². The van der Waals surface area contributed by atoms with Crippen molar-refractivity contribution in [3.05, 3.63) is 64.7 Å². The molecule has 2 aliphatic rings. The molecule has 144 valence electrons. The van der Waals surface area contributed by atoms with Crippen molar-refractivity contribution in [3.63, 3.8) is 0 Å². The quantitative estimate of drug-likeness (QED) is 0.807. The van der Waals surface area contributed by atoms with Gasteiger partial charge >= 0.3 is 0 Å². The molecule has 2 aromatic rings. The van der Waals surface area contributed by atoms with Gasteiger partial charge in [-0.25, -0.2) is 0 Å². The Bertz CT molecular complexity index is 936. The molecule has 0 spiro atoms. The van der Waals surface area contributed by atoms with Crippen LogP contribution in [0.1, 0.15) is 46.3 Å². The van der Waals surface area contributed by atoms with Gasteiger partial charge in [-0.3, -0.25) is 14.4 Å². The third kappa shape index (κ3) is 3.43. The molecule has 28 heavy (non-hydrogen) atoms. The van der Waals surface area contributed by atoms with Gasteiger partial charge in [-0.15, -0.1) is 0 Å². The van der Waals surface area contributed by atoms with Crippen molar-refractivity contribution in [2.75, 3.05) is 0 Å². The van der Waals surface area contributed by atoms with E-state index in [2.05, 4.69) is 0 Å². The number of rotatable bonds is 5. The van der Waals surface area contributed by atoms with Gasteiger partial charge in [0.2, 0.25) is 0 Å². The first-order chi connectivity index (χ1) is 13.6. The average Bonchev–Trinajstić information content (AvgIpc) is 3.04. The van der Waals surface area contributed by atoms with Gasteiger partial charge in [-0.1, -0.05) is 30.3 Å². The molecule has 1 fully saturated rings. The lowest BCUT2D eigenvalue weighted by molar-refractivity contribution is -0.133. The van der Waals surface area contributed by atoms with Crippen LogP contribution in [-0.2, 0) is 29.3 Å². The minimum atomic E-state index is -0.519. The average molecular weight is 378 g/mol. The second-order valence-electron chi connectivity index (χ2n) is 7.26. The number of benzene rings is 2. The Morgan fingerprint density at radius 1 is 1.04 bits per heavy atom. The van der Waals surface area contributed by atoms with Crippen LogP contribution in [0.25, 0.3) is 0 Å². The number of nitrogens with zero attached hydrogens (tertiary/aromatic N) is 1. The minimum absolute atomic E-state index is 0.0462. The molecule has 0 bridgehead atoms. The van der Waals surface area contributed by atoms with Crippen LogP contribution < -0.4 is 10.5 Å². The van der Waals surface area contributed by atoms with E-state index in [1.54, 1.807) is 17.0 Å². The Balaban J connectivity index is 1.50. The largest absolute Gasteiger partial charge is 0.489 e. The molecular formula is C22H22N2O4. The van der Waals surface area contributed by atoms with E-state index in [0.717, 1.165) is 16.7 Å². The maximum Gasteiger partial charge on any atom is 0.255 e. The molecule has 1 heterocycles. The summed E-state index contributed by atoms with van der Waals surface area (Å²) in [5, 5.41) is 0. The summed E-state index contributed by atoms with van der Waals surface area (Å²) < 4.78 is 5.99. The fraction of sp³-hybridized carbons (Fsp3) is 0.318. The zero-order chi connectivity index (χ0) is 19.7. The Kier molecular flexibility index (Phi) is 4.96. The summed E-state index contributed by atoms with van der Waals surface area (Å²) in [4.78, 5) is 38.2. The summed E-state index contributed by atoms with van der Waals surface area (Å²) in [6.45, 7) is 1.21. The van der Waals surface area contributed by atoms with Crippen LogP contribution in [0.2, 0.25) is 0 Å². The molecule has 6 heteroatoms. The van der Waals surface area contributed by atoms with Crippen LogP contribution in [-0.4, -0.2) is 28.4 Å².